The third-order valence-corrected chi connectivity index (χ3v) is 7.30. The molecule has 1 atom stereocenters. The zero-order chi connectivity index (χ0) is 37.2. The number of hydrogen-bond donors (Lipinski definition) is 0. The third-order valence-electron chi connectivity index (χ3n) is 7.12. The van der Waals surface area contributed by atoms with Crippen LogP contribution < -0.4 is 19.1 Å². The highest BCUT2D eigenvalue weighted by atomic mass is 32.1. The number of nitrogens with zero attached hydrogens (tertiary/aromatic N) is 2. The van der Waals surface area contributed by atoms with E-state index in [1.165, 1.54) is 48.5 Å². The van der Waals surface area contributed by atoms with Crippen LogP contribution in [0.4, 0.5) is 32.2 Å². The second-order valence-electron chi connectivity index (χ2n) is 11.5. The van der Waals surface area contributed by atoms with E-state index in [-0.39, 0.29) is 30.3 Å². The average Bonchev–Trinajstić information content (AvgIpc) is 3.06. The lowest BCUT2D eigenvalue weighted by Gasteiger charge is -2.26. The van der Waals surface area contributed by atoms with Crippen molar-refractivity contribution >= 4 is 29.2 Å². The normalized spacial score (nSPS) is 12.4. The number of carbonyl (C=O) groups is 1. The van der Waals surface area contributed by atoms with Crippen LogP contribution in [-0.2, 0) is 27.2 Å². The largest absolute Gasteiger partial charge is 0.573 e. The lowest BCUT2D eigenvalue weighted by atomic mass is 10.1. The van der Waals surface area contributed by atoms with Gasteiger partial charge in [0.1, 0.15) is 23.1 Å². The summed E-state index contributed by atoms with van der Waals surface area (Å²) in [6.07, 6.45) is -10.7. The molecule has 0 aliphatic carbocycles. The van der Waals surface area contributed by atoms with Gasteiger partial charge in [0.2, 0.25) is 6.10 Å². The number of rotatable bonds is 14. The number of alkyl halides is 6. The predicted octanol–water partition coefficient (Wildman–Crippen LogP) is 8.93. The Morgan fingerprint density at radius 2 is 1.41 bits per heavy atom. The van der Waals surface area contributed by atoms with Crippen LogP contribution in [0.3, 0.4) is 0 Å². The van der Waals surface area contributed by atoms with E-state index in [0.717, 1.165) is 11.8 Å². The van der Waals surface area contributed by atoms with E-state index < -0.39 is 41.2 Å². The summed E-state index contributed by atoms with van der Waals surface area (Å²) in [6.45, 7) is 5.52. The quantitative estimate of drug-likeness (QED) is 0.0717. The Balaban J connectivity index is 1.53. The minimum absolute atomic E-state index is 0.141. The molecular weight excluding hydrogens is 702 g/mol. The zero-order valence-corrected chi connectivity index (χ0v) is 28.5. The molecule has 0 aliphatic rings. The Morgan fingerprint density at radius 1 is 0.804 bits per heavy atom. The zero-order valence-electron chi connectivity index (χ0n) is 27.7. The fourth-order valence-corrected chi connectivity index (χ4v) is 4.88. The van der Waals surface area contributed by atoms with Crippen molar-refractivity contribution < 1.29 is 54.8 Å². The van der Waals surface area contributed by atoms with Gasteiger partial charge in [0.15, 0.2) is 5.60 Å². The topological polar surface area (TPSA) is 79.4 Å². The molecule has 0 aliphatic heterocycles. The van der Waals surface area contributed by atoms with E-state index in [2.05, 4.69) is 9.72 Å². The van der Waals surface area contributed by atoms with Gasteiger partial charge in [-0.25, -0.2) is 9.78 Å². The van der Waals surface area contributed by atoms with Gasteiger partial charge in [-0.05, 0) is 86.8 Å². The molecule has 0 saturated carbocycles. The first-order valence-corrected chi connectivity index (χ1v) is 15.9. The Morgan fingerprint density at radius 3 is 1.96 bits per heavy atom. The summed E-state index contributed by atoms with van der Waals surface area (Å²) < 4.78 is 105. The first-order valence-electron chi connectivity index (χ1n) is 15.5. The van der Waals surface area contributed by atoms with Crippen molar-refractivity contribution in [3.05, 3.63) is 114 Å². The number of aromatic nitrogens is 1. The number of para-hydroxylation sites is 1. The Kier molecular flexibility index (Phi) is 12.7. The summed E-state index contributed by atoms with van der Waals surface area (Å²) in [5.74, 6) is 0.00332. The third kappa shape index (κ3) is 12.1. The molecule has 0 saturated heterocycles. The average molecular weight is 737 g/mol. The summed E-state index contributed by atoms with van der Waals surface area (Å²) in [6, 6.07) is 22.7. The standard InChI is InChI=1S/C36H34F6N2O6S/c1-4-46-32(45)34(2,3)49-28-15-10-24(11-16-28)20-21-44(23-25-12-17-29(18-13-25)50-36(40,41)42)30-19-14-26(22-43-30)31(35(37,38)39)48-33(51)47-27-8-6-5-7-9-27/h5-19,22,31H,4,20-21,23H2,1-3H3. The van der Waals surface area contributed by atoms with E-state index in [0.29, 0.717) is 24.3 Å². The monoisotopic (exact) mass is 736 g/mol. The van der Waals surface area contributed by atoms with E-state index in [1.54, 1.807) is 68.1 Å². The highest BCUT2D eigenvalue weighted by Gasteiger charge is 2.44. The van der Waals surface area contributed by atoms with Gasteiger partial charge in [0, 0.05) is 37.1 Å². The van der Waals surface area contributed by atoms with Crippen LogP contribution in [0.25, 0.3) is 0 Å². The number of hydrogen-bond acceptors (Lipinski definition) is 9. The lowest BCUT2D eigenvalue weighted by molar-refractivity contribution is -0.274. The maximum absolute atomic E-state index is 14.1. The molecule has 0 fully saturated rings. The molecule has 8 nitrogen and oxygen atoms in total. The first kappa shape index (κ1) is 38.7. The highest BCUT2D eigenvalue weighted by Crippen LogP contribution is 2.37. The molecule has 0 spiro atoms. The van der Waals surface area contributed by atoms with Crippen LogP contribution in [0.2, 0.25) is 0 Å². The minimum atomic E-state index is -4.87. The van der Waals surface area contributed by atoms with E-state index in [4.69, 9.17) is 31.2 Å². The number of halogens is 6. The van der Waals surface area contributed by atoms with Crippen LogP contribution in [0, 0.1) is 0 Å². The summed E-state index contributed by atoms with van der Waals surface area (Å²) >= 11 is 4.92. The number of anilines is 1. The lowest BCUT2D eigenvalue weighted by Crippen LogP contribution is -2.39. The molecule has 0 N–H and O–H groups in total. The van der Waals surface area contributed by atoms with E-state index in [1.807, 2.05) is 0 Å². The van der Waals surface area contributed by atoms with Crippen LogP contribution in [0.15, 0.2) is 97.2 Å². The van der Waals surface area contributed by atoms with Gasteiger partial charge in [-0.15, -0.1) is 13.2 Å². The fraction of sp³-hybridized carbons (Fsp3) is 0.306. The molecule has 4 aromatic rings. The second kappa shape index (κ2) is 16.8. The summed E-state index contributed by atoms with van der Waals surface area (Å²) in [7, 11) is 0. The van der Waals surface area contributed by atoms with Crippen LogP contribution >= 0.6 is 12.2 Å². The highest BCUT2D eigenvalue weighted by molar-refractivity contribution is 7.79. The van der Waals surface area contributed by atoms with Crippen molar-refractivity contribution in [2.45, 2.75) is 58.0 Å². The van der Waals surface area contributed by atoms with Crippen LogP contribution in [0.1, 0.15) is 43.6 Å². The number of benzene rings is 3. The predicted molar refractivity (Wildman–Crippen MR) is 179 cm³/mol. The smallest absolute Gasteiger partial charge is 0.476 e. The van der Waals surface area contributed by atoms with Crippen molar-refractivity contribution in [3.8, 4) is 17.2 Å². The fourth-order valence-electron chi connectivity index (χ4n) is 4.69. The number of thiocarbonyl (C=S) groups is 1. The van der Waals surface area contributed by atoms with Crippen LogP contribution in [-0.4, -0.2) is 47.5 Å². The van der Waals surface area contributed by atoms with Crippen molar-refractivity contribution in [1.29, 1.82) is 0 Å². The van der Waals surface area contributed by atoms with Crippen molar-refractivity contribution in [2.24, 2.45) is 0 Å². The van der Waals surface area contributed by atoms with Gasteiger partial charge in [-0.1, -0.05) is 42.5 Å². The Bertz CT molecular complexity index is 1720. The molecule has 51 heavy (non-hydrogen) atoms. The minimum Gasteiger partial charge on any atom is -0.476 e. The maximum Gasteiger partial charge on any atom is 0.573 e. The molecule has 1 aromatic heterocycles. The molecule has 0 bridgehead atoms. The molecule has 1 heterocycles. The second-order valence-corrected chi connectivity index (χ2v) is 11.8. The van der Waals surface area contributed by atoms with Gasteiger partial charge in [-0.3, -0.25) is 0 Å². The molecule has 15 heteroatoms. The Labute approximate surface area is 295 Å². The SMILES string of the molecule is CCOC(=O)C(C)(C)Oc1ccc(CCN(Cc2ccc(OC(F)(F)F)cc2)c2ccc(C(OC(=S)Oc3ccccc3)C(F)(F)F)cn2)cc1. The van der Waals surface area contributed by atoms with E-state index in [9.17, 15) is 31.1 Å². The van der Waals surface area contributed by atoms with E-state index >= 15 is 0 Å². The molecule has 272 valence electrons. The molecule has 0 amide bonds. The number of ether oxygens (including phenoxy) is 5. The number of carbonyl (C=O) groups excluding carboxylic acids is 1. The summed E-state index contributed by atoms with van der Waals surface area (Å²) in [5.41, 5.74) is -0.118. The molecule has 4 rings (SSSR count). The molecular formula is C36H34F6N2O6S. The number of pyridine rings is 1. The first-order chi connectivity index (χ1) is 24.0. The van der Waals surface area contributed by atoms with Gasteiger partial charge < -0.3 is 28.6 Å². The van der Waals surface area contributed by atoms with Gasteiger partial charge >= 0.3 is 23.7 Å². The molecule has 0 radical (unpaired) electrons. The van der Waals surface area contributed by atoms with Crippen molar-refractivity contribution in [3.63, 3.8) is 0 Å². The maximum atomic E-state index is 14.1. The van der Waals surface area contributed by atoms with Gasteiger partial charge in [-0.2, -0.15) is 13.2 Å². The Hall–Kier alpha value is -5.05. The molecule has 1 unspecified atom stereocenters. The molecule has 3 aromatic carbocycles. The van der Waals surface area contributed by atoms with Gasteiger partial charge in [0.25, 0.3) is 0 Å². The van der Waals surface area contributed by atoms with Crippen molar-refractivity contribution in [2.75, 3.05) is 18.1 Å². The van der Waals surface area contributed by atoms with Crippen molar-refractivity contribution in [1.82, 2.24) is 4.98 Å². The van der Waals surface area contributed by atoms with Gasteiger partial charge in [0.05, 0.1) is 6.61 Å². The van der Waals surface area contributed by atoms with Crippen LogP contribution in [0.5, 0.6) is 17.2 Å². The number of esters is 1. The summed E-state index contributed by atoms with van der Waals surface area (Å²) in [5, 5.41) is -0.729. The summed E-state index contributed by atoms with van der Waals surface area (Å²) in [4.78, 5) is 18.3.